The summed E-state index contributed by atoms with van der Waals surface area (Å²) in [6.07, 6.45) is 3.35. The number of aromatic hydroxyl groups is 2. The van der Waals surface area contributed by atoms with Crippen molar-refractivity contribution < 1.29 is 24.9 Å². The molecular weight excluding hydrogens is 350 g/mol. The van der Waals surface area contributed by atoms with Crippen LogP contribution in [-0.2, 0) is 9.59 Å². The zero-order chi connectivity index (χ0) is 17.9. The van der Waals surface area contributed by atoms with Gasteiger partial charge in [-0.05, 0) is 30.2 Å². The standard InChI is InChI=1S/C16H17NO5S2/c1-2-3-4-10(15(21)22)17-14(20)13(24-16(17)23)8-9-5-6-11(18)12(19)7-9/h5-8,10,18-19H,2-4H2,1H3,(H,21,22). The average Bonchev–Trinajstić information content (AvgIpc) is 2.78. The molecule has 1 atom stereocenters. The highest BCUT2D eigenvalue weighted by Crippen LogP contribution is 2.36. The van der Waals surface area contributed by atoms with E-state index in [2.05, 4.69) is 0 Å². The predicted molar refractivity (Wildman–Crippen MR) is 95.7 cm³/mol. The third kappa shape index (κ3) is 3.88. The van der Waals surface area contributed by atoms with Gasteiger partial charge in [0.1, 0.15) is 10.4 Å². The van der Waals surface area contributed by atoms with Crippen LogP contribution in [-0.4, -0.2) is 42.5 Å². The molecule has 3 N–H and O–H groups in total. The number of benzene rings is 1. The number of hydrogen-bond acceptors (Lipinski definition) is 6. The number of carbonyl (C=O) groups is 2. The summed E-state index contributed by atoms with van der Waals surface area (Å²) in [5.41, 5.74) is 0.506. The average molecular weight is 367 g/mol. The number of nitrogens with zero attached hydrogens (tertiary/aromatic N) is 1. The number of unbranched alkanes of at least 4 members (excludes halogenated alkanes) is 1. The van der Waals surface area contributed by atoms with E-state index in [1.807, 2.05) is 6.92 Å². The molecule has 1 aliphatic heterocycles. The van der Waals surface area contributed by atoms with Gasteiger partial charge in [0.2, 0.25) is 0 Å². The summed E-state index contributed by atoms with van der Waals surface area (Å²) in [4.78, 5) is 25.5. The van der Waals surface area contributed by atoms with Crippen LogP contribution in [0.2, 0.25) is 0 Å². The summed E-state index contributed by atoms with van der Waals surface area (Å²) in [6, 6.07) is 3.18. The molecule has 1 fully saturated rings. The largest absolute Gasteiger partial charge is 0.504 e. The fourth-order valence-electron chi connectivity index (χ4n) is 2.29. The van der Waals surface area contributed by atoms with Gasteiger partial charge in [-0.2, -0.15) is 0 Å². The highest BCUT2D eigenvalue weighted by atomic mass is 32.2. The smallest absolute Gasteiger partial charge is 0.326 e. The molecule has 1 saturated heterocycles. The molecule has 128 valence electrons. The van der Waals surface area contributed by atoms with Gasteiger partial charge in [0.05, 0.1) is 4.91 Å². The lowest BCUT2D eigenvalue weighted by atomic mass is 10.1. The van der Waals surface area contributed by atoms with Gasteiger partial charge in [-0.25, -0.2) is 4.79 Å². The van der Waals surface area contributed by atoms with Crippen LogP contribution in [0.25, 0.3) is 6.08 Å². The van der Waals surface area contributed by atoms with Crippen molar-refractivity contribution in [3.8, 4) is 11.5 Å². The van der Waals surface area contributed by atoms with E-state index in [1.54, 1.807) is 0 Å². The first kappa shape index (κ1) is 18.3. The molecule has 1 aliphatic rings. The lowest BCUT2D eigenvalue weighted by Crippen LogP contribution is -2.43. The van der Waals surface area contributed by atoms with E-state index in [4.69, 9.17) is 12.2 Å². The van der Waals surface area contributed by atoms with Crippen molar-refractivity contribution in [3.63, 3.8) is 0 Å². The summed E-state index contributed by atoms with van der Waals surface area (Å²) >= 11 is 6.21. The number of thiocarbonyl (C=S) groups is 1. The molecule has 1 heterocycles. The lowest BCUT2D eigenvalue weighted by molar-refractivity contribution is -0.145. The minimum absolute atomic E-state index is 0.206. The van der Waals surface area contributed by atoms with E-state index in [0.717, 1.165) is 23.1 Å². The van der Waals surface area contributed by atoms with Crippen LogP contribution in [0.3, 0.4) is 0 Å². The maximum absolute atomic E-state index is 12.6. The molecule has 1 unspecified atom stereocenters. The molecule has 2 rings (SSSR count). The molecule has 0 spiro atoms. The fraction of sp³-hybridized carbons (Fsp3) is 0.312. The van der Waals surface area contributed by atoms with E-state index in [1.165, 1.54) is 24.3 Å². The van der Waals surface area contributed by atoms with Gasteiger partial charge in [0, 0.05) is 0 Å². The number of rotatable bonds is 6. The Labute approximate surface area is 148 Å². The molecule has 24 heavy (non-hydrogen) atoms. The Morgan fingerprint density at radius 1 is 1.38 bits per heavy atom. The van der Waals surface area contributed by atoms with Crippen molar-refractivity contribution in [2.75, 3.05) is 0 Å². The van der Waals surface area contributed by atoms with Crippen molar-refractivity contribution in [1.82, 2.24) is 4.90 Å². The number of carboxylic acid groups (broad SMARTS) is 1. The zero-order valence-electron chi connectivity index (χ0n) is 12.9. The monoisotopic (exact) mass is 367 g/mol. The maximum Gasteiger partial charge on any atom is 0.326 e. The first-order valence-corrected chi connectivity index (χ1v) is 8.59. The number of carbonyl (C=O) groups excluding carboxylic acids is 1. The number of hydrogen-bond donors (Lipinski definition) is 3. The fourth-order valence-corrected chi connectivity index (χ4v) is 3.65. The number of amides is 1. The molecule has 1 aromatic rings. The molecule has 0 radical (unpaired) electrons. The number of phenols is 2. The molecule has 1 aromatic carbocycles. The Balaban J connectivity index is 2.28. The molecular formula is C16H17NO5S2. The van der Waals surface area contributed by atoms with Gasteiger partial charge in [0.15, 0.2) is 11.5 Å². The van der Waals surface area contributed by atoms with Gasteiger partial charge in [0.25, 0.3) is 5.91 Å². The van der Waals surface area contributed by atoms with Crippen molar-refractivity contribution in [3.05, 3.63) is 28.7 Å². The van der Waals surface area contributed by atoms with E-state index in [9.17, 15) is 24.9 Å². The Morgan fingerprint density at radius 3 is 2.67 bits per heavy atom. The number of phenolic OH excluding ortho intramolecular Hbond substituents is 2. The van der Waals surface area contributed by atoms with E-state index in [0.29, 0.717) is 18.4 Å². The predicted octanol–water partition coefficient (Wildman–Crippen LogP) is 2.94. The Hall–Kier alpha value is -2.06. The third-order valence-electron chi connectivity index (χ3n) is 3.55. The first-order chi connectivity index (χ1) is 11.3. The molecule has 8 heteroatoms. The first-order valence-electron chi connectivity index (χ1n) is 7.37. The van der Waals surface area contributed by atoms with Crippen LogP contribution in [0.1, 0.15) is 31.7 Å². The zero-order valence-corrected chi connectivity index (χ0v) is 14.6. The molecule has 0 bridgehead atoms. The van der Waals surface area contributed by atoms with Crippen LogP contribution in [0.15, 0.2) is 23.1 Å². The van der Waals surface area contributed by atoms with Gasteiger partial charge >= 0.3 is 5.97 Å². The third-order valence-corrected chi connectivity index (χ3v) is 4.88. The quantitative estimate of drug-likeness (QED) is 0.404. The number of aliphatic carboxylic acids is 1. The molecule has 0 aromatic heterocycles. The SMILES string of the molecule is CCCCC(C(=O)O)N1C(=O)C(=Cc2ccc(O)c(O)c2)SC1=S. The van der Waals surface area contributed by atoms with Crippen LogP contribution in [0.4, 0.5) is 0 Å². The van der Waals surface area contributed by atoms with E-state index in [-0.39, 0.29) is 20.7 Å². The Morgan fingerprint density at radius 2 is 2.08 bits per heavy atom. The molecule has 0 aliphatic carbocycles. The van der Waals surface area contributed by atoms with Gasteiger partial charge in [-0.1, -0.05) is 49.8 Å². The summed E-state index contributed by atoms with van der Waals surface area (Å²) < 4.78 is 0.206. The minimum atomic E-state index is -1.08. The summed E-state index contributed by atoms with van der Waals surface area (Å²) in [5, 5.41) is 28.2. The van der Waals surface area contributed by atoms with Gasteiger partial charge < -0.3 is 15.3 Å². The van der Waals surface area contributed by atoms with Crippen molar-refractivity contribution >= 4 is 46.3 Å². The van der Waals surface area contributed by atoms with Crippen LogP contribution in [0.5, 0.6) is 11.5 Å². The Kier molecular flexibility index (Phi) is 5.84. The van der Waals surface area contributed by atoms with Crippen molar-refractivity contribution in [2.24, 2.45) is 0 Å². The van der Waals surface area contributed by atoms with Crippen LogP contribution >= 0.6 is 24.0 Å². The van der Waals surface area contributed by atoms with E-state index < -0.39 is 17.9 Å². The maximum atomic E-state index is 12.6. The van der Waals surface area contributed by atoms with Crippen molar-refractivity contribution in [1.29, 1.82) is 0 Å². The summed E-state index contributed by atoms with van der Waals surface area (Å²) in [7, 11) is 0. The second-order valence-corrected chi connectivity index (χ2v) is 6.97. The van der Waals surface area contributed by atoms with Gasteiger partial charge in [-0.3, -0.25) is 9.69 Å². The van der Waals surface area contributed by atoms with Crippen LogP contribution in [0, 0.1) is 0 Å². The highest BCUT2D eigenvalue weighted by molar-refractivity contribution is 8.26. The summed E-state index contributed by atoms with van der Waals surface area (Å²) in [6.45, 7) is 1.94. The minimum Gasteiger partial charge on any atom is -0.504 e. The Bertz CT molecular complexity index is 716. The van der Waals surface area contributed by atoms with Gasteiger partial charge in [-0.15, -0.1) is 0 Å². The normalized spacial score (nSPS) is 17.5. The number of carboxylic acids is 1. The van der Waals surface area contributed by atoms with E-state index >= 15 is 0 Å². The van der Waals surface area contributed by atoms with Crippen molar-refractivity contribution in [2.45, 2.75) is 32.2 Å². The number of thioether (sulfide) groups is 1. The lowest BCUT2D eigenvalue weighted by Gasteiger charge is -2.22. The molecule has 1 amide bonds. The van der Waals surface area contributed by atoms with Crippen LogP contribution < -0.4 is 0 Å². The molecule has 6 nitrogen and oxygen atoms in total. The second kappa shape index (κ2) is 7.67. The molecule has 0 saturated carbocycles. The summed E-state index contributed by atoms with van der Waals surface area (Å²) in [5.74, 6) is -2.10. The second-order valence-electron chi connectivity index (χ2n) is 5.30. The highest BCUT2D eigenvalue weighted by Gasteiger charge is 2.40. The topological polar surface area (TPSA) is 98.1 Å².